The Morgan fingerprint density at radius 2 is 2.30 bits per heavy atom. The monoisotopic (exact) mass is 308 g/mol. The fourth-order valence-electron chi connectivity index (χ4n) is 3.14. The summed E-state index contributed by atoms with van der Waals surface area (Å²) < 4.78 is 2.68. The van der Waals surface area contributed by atoms with Gasteiger partial charge in [-0.3, -0.25) is 0 Å². The quantitative estimate of drug-likeness (QED) is 0.748. The predicted octanol–water partition coefficient (Wildman–Crippen LogP) is 4.93. The maximum atomic E-state index is 6.37. The summed E-state index contributed by atoms with van der Waals surface area (Å²) >= 11 is 8.46. The number of alkyl halides is 1. The smallest absolute Gasteiger partial charge is 0.127 e. The molecule has 3 rings (SSSR count). The molecular weight excluding hydrogens is 288 g/mol. The molecular formula is C16H21ClN2S. The van der Waals surface area contributed by atoms with Crippen LogP contribution in [0.2, 0.25) is 0 Å². The lowest BCUT2D eigenvalue weighted by Crippen LogP contribution is -2.25. The number of imidazole rings is 1. The molecule has 2 atom stereocenters. The van der Waals surface area contributed by atoms with Gasteiger partial charge in [-0.1, -0.05) is 12.1 Å². The third-order valence-electron chi connectivity index (χ3n) is 4.15. The molecule has 2 nitrogen and oxygen atoms in total. The number of halogens is 1. The lowest BCUT2D eigenvalue weighted by molar-refractivity contribution is 0.505. The van der Waals surface area contributed by atoms with Gasteiger partial charge in [0.1, 0.15) is 5.82 Å². The highest BCUT2D eigenvalue weighted by Crippen LogP contribution is 2.40. The Morgan fingerprint density at radius 3 is 2.95 bits per heavy atom. The standard InChI is InChI=1S/C16H21ClN2S/c1-11-6-4-7-13-14(11)19(15(18-13)12(2)17)10-16(3)8-5-9-20-16/h4,6-7,12H,5,8-10H2,1-3H3. The number of nitrogens with zero attached hydrogens (tertiary/aromatic N) is 2. The molecule has 0 amide bonds. The van der Waals surface area contributed by atoms with Crippen LogP contribution in [0.1, 0.15) is 43.5 Å². The van der Waals surface area contributed by atoms with E-state index in [-0.39, 0.29) is 5.38 Å². The van der Waals surface area contributed by atoms with Gasteiger partial charge in [0.05, 0.1) is 16.4 Å². The molecule has 0 saturated carbocycles. The summed E-state index contributed by atoms with van der Waals surface area (Å²) in [5.41, 5.74) is 3.60. The Morgan fingerprint density at radius 1 is 1.50 bits per heavy atom. The van der Waals surface area contributed by atoms with Gasteiger partial charge in [-0.25, -0.2) is 4.98 Å². The Hall–Kier alpha value is -0.670. The van der Waals surface area contributed by atoms with Crippen LogP contribution in [-0.4, -0.2) is 20.1 Å². The maximum Gasteiger partial charge on any atom is 0.127 e. The molecule has 1 aromatic heterocycles. The van der Waals surface area contributed by atoms with Crippen molar-refractivity contribution in [3.05, 3.63) is 29.6 Å². The van der Waals surface area contributed by atoms with E-state index in [1.165, 1.54) is 29.7 Å². The zero-order chi connectivity index (χ0) is 14.3. The molecule has 0 radical (unpaired) electrons. The van der Waals surface area contributed by atoms with Crippen LogP contribution >= 0.6 is 23.4 Å². The van der Waals surface area contributed by atoms with Gasteiger partial charge in [0.2, 0.25) is 0 Å². The van der Waals surface area contributed by atoms with Crippen molar-refractivity contribution in [2.24, 2.45) is 0 Å². The molecule has 1 fully saturated rings. The van der Waals surface area contributed by atoms with Crippen molar-refractivity contribution < 1.29 is 0 Å². The van der Waals surface area contributed by atoms with Crippen molar-refractivity contribution in [3.63, 3.8) is 0 Å². The average Bonchev–Trinajstić information content (AvgIpc) is 2.95. The molecule has 108 valence electrons. The highest BCUT2D eigenvalue weighted by Gasteiger charge is 2.32. The van der Waals surface area contributed by atoms with Gasteiger partial charge in [-0.05, 0) is 51.0 Å². The first-order valence-electron chi connectivity index (χ1n) is 7.24. The minimum Gasteiger partial charge on any atom is -0.325 e. The summed E-state index contributed by atoms with van der Waals surface area (Å²) in [5, 5.41) is -0.0585. The summed E-state index contributed by atoms with van der Waals surface area (Å²) in [6.45, 7) is 7.55. The highest BCUT2D eigenvalue weighted by atomic mass is 35.5. The van der Waals surface area contributed by atoms with E-state index in [0.717, 1.165) is 17.9 Å². The molecule has 2 aromatic rings. The first-order chi connectivity index (χ1) is 9.50. The van der Waals surface area contributed by atoms with Gasteiger partial charge in [0, 0.05) is 11.3 Å². The van der Waals surface area contributed by atoms with Crippen molar-refractivity contribution in [1.82, 2.24) is 9.55 Å². The van der Waals surface area contributed by atoms with Gasteiger partial charge < -0.3 is 4.57 Å². The van der Waals surface area contributed by atoms with Crippen LogP contribution in [0.25, 0.3) is 11.0 Å². The molecule has 0 N–H and O–H groups in total. The molecule has 1 aliphatic heterocycles. The van der Waals surface area contributed by atoms with Gasteiger partial charge in [-0.15, -0.1) is 11.6 Å². The molecule has 1 aromatic carbocycles. The van der Waals surface area contributed by atoms with E-state index in [0.29, 0.717) is 4.75 Å². The summed E-state index contributed by atoms with van der Waals surface area (Å²) in [7, 11) is 0. The van der Waals surface area contributed by atoms with Crippen LogP contribution in [0, 0.1) is 6.92 Å². The Kier molecular flexibility index (Phi) is 3.76. The van der Waals surface area contributed by atoms with Crippen LogP contribution in [0.3, 0.4) is 0 Å². The summed E-state index contributed by atoms with van der Waals surface area (Å²) in [6.07, 6.45) is 2.60. The SMILES string of the molecule is Cc1cccc2nc(C(C)Cl)n(CC3(C)CCCS3)c12. The summed E-state index contributed by atoms with van der Waals surface area (Å²) in [5.74, 6) is 2.28. The van der Waals surface area contributed by atoms with E-state index < -0.39 is 0 Å². The normalized spacial score (nSPS) is 24.4. The summed E-state index contributed by atoms with van der Waals surface area (Å²) in [4.78, 5) is 4.77. The zero-order valence-electron chi connectivity index (χ0n) is 12.3. The molecule has 4 heteroatoms. The van der Waals surface area contributed by atoms with Crippen molar-refractivity contribution in [2.45, 2.75) is 50.3 Å². The molecule has 0 aliphatic carbocycles. The van der Waals surface area contributed by atoms with E-state index in [9.17, 15) is 0 Å². The number of aromatic nitrogens is 2. The summed E-state index contributed by atoms with van der Waals surface area (Å²) in [6, 6.07) is 6.32. The molecule has 1 aliphatic rings. The third kappa shape index (κ3) is 2.46. The number of thioether (sulfide) groups is 1. The number of rotatable bonds is 3. The zero-order valence-corrected chi connectivity index (χ0v) is 13.9. The topological polar surface area (TPSA) is 17.8 Å². The molecule has 1 saturated heterocycles. The highest BCUT2D eigenvalue weighted by molar-refractivity contribution is 8.00. The molecule has 0 bridgehead atoms. The Labute approximate surface area is 129 Å². The first kappa shape index (κ1) is 14.3. The van der Waals surface area contributed by atoms with Gasteiger partial charge in [0.15, 0.2) is 0 Å². The number of hydrogen-bond donors (Lipinski definition) is 0. The fraction of sp³-hybridized carbons (Fsp3) is 0.562. The number of hydrogen-bond acceptors (Lipinski definition) is 2. The number of para-hydroxylation sites is 1. The molecule has 0 spiro atoms. The van der Waals surface area contributed by atoms with E-state index >= 15 is 0 Å². The number of benzene rings is 1. The van der Waals surface area contributed by atoms with Crippen LogP contribution in [0.4, 0.5) is 0 Å². The van der Waals surface area contributed by atoms with Crippen molar-refractivity contribution in [2.75, 3.05) is 5.75 Å². The van der Waals surface area contributed by atoms with Crippen LogP contribution in [0.15, 0.2) is 18.2 Å². The maximum absolute atomic E-state index is 6.37. The van der Waals surface area contributed by atoms with E-state index in [4.69, 9.17) is 16.6 Å². The molecule has 2 heterocycles. The molecule has 20 heavy (non-hydrogen) atoms. The van der Waals surface area contributed by atoms with Crippen LogP contribution in [0.5, 0.6) is 0 Å². The van der Waals surface area contributed by atoms with Crippen molar-refractivity contribution >= 4 is 34.4 Å². The lowest BCUT2D eigenvalue weighted by Gasteiger charge is -2.25. The van der Waals surface area contributed by atoms with E-state index in [2.05, 4.69) is 48.4 Å². The first-order valence-corrected chi connectivity index (χ1v) is 8.66. The largest absolute Gasteiger partial charge is 0.325 e. The second kappa shape index (κ2) is 5.27. The van der Waals surface area contributed by atoms with Crippen LogP contribution < -0.4 is 0 Å². The third-order valence-corrected chi connectivity index (χ3v) is 5.86. The lowest BCUT2D eigenvalue weighted by atomic mass is 10.1. The van der Waals surface area contributed by atoms with Gasteiger partial charge in [0.25, 0.3) is 0 Å². The van der Waals surface area contributed by atoms with Crippen LogP contribution in [-0.2, 0) is 6.54 Å². The molecule has 2 unspecified atom stereocenters. The van der Waals surface area contributed by atoms with Gasteiger partial charge in [-0.2, -0.15) is 11.8 Å². The van der Waals surface area contributed by atoms with Crippen molar-refractivity contribution in [3.8, 4) is 0 Å². The Balaban J connectivity index is 2.13. The van der Waals surface area contributed by atoms with Crippen molar-refractivity contribution in [1.29, 1.82) is 0 Å². The van der Waals surface area contributed by atoms with Gasteiger partial charge >= 0.3 is 0 Å². The second-order valence-electron chi connectivity index (χ2n) is 6.02. The van der Waals surface area contributed by atoms with E-state index in [1.807, 2.05) is 6.92 Å². The minimum absolute atomic E-state index is 0.0585. The number of fused-ring (bicyclic) bond motifs is 1. The second-order valence-corrected chi connectivity index (χ2v) is 8.35. The number of aryl methyl sites for hydroxylation is 1. The Bertz CT molecular complexity index is 627. The minimum atomic E-state index is -0.0585. The fourth-order valence-corrected chi connectivity index (χ4v) is 4.60. The van der Waals surface area contributed by atoms with E-state index in [1.54, 1.807) is 0 Å². The predicted molar refractivity (Wildman–Crippen MR) is 88.8 cm³/mol. The average molecular weight is 309 g/mol.